The molecule has 0 spiro atoms. The van der Waals surface area contributed by atoms with E-state index in [4.69, 9.17) is 0 Å². The van der Waals surface area contributed by atoms with Crippen LogP contribution in [0.15, 0.2) is 29.2 Å². The summed E-state index contributed by atoms with van der Waals surface area (Å²) >= 11 is 0. The minimum absolute atomic E-state index is 0.0303. The Morgan fingerprint density at radius 1 is 1.05 bits per heavy atom. The lowest BCUT2D eigenvalue weighted by Crippen LogP contribution is -2.55. The molecule has 1 unspecified atom stereocenters. The van der Waals surface area contributed by atoms with Crippen molar-refractivity contribution in [3.63, 3.8) is 0 Å². The van der Waals surface area contributed by atoms with Gasteiger partial charge in [0.15, 0.2) is 0 Å². The van der Waals surface area contributed by atoms with Gasteiger partial charge in [0.25, 0.3) is 5.91 Å². The van der Waals surface area contributed by atoms with Gasteiger partial charge < -0.3 is 4.90 Å². The number of hydrogen-bond acceptors (Lipinski definition) is 2. The zero-order chi connectivity index (χ0) is 15.7. The molecule has 0 heterocycles. The number of rotatable bonds is 2. The summed E-state index contributed by atoms with van der Waals surface area (Å²) < 4.78 is 11.6. The molecule has 3 nitrogen and oxygen atoms in total. The molecule has 1 aromatic carbocycles. The summed E-state index contributed by atoms with van der Waals surface area (Å²) in [7, 11) is -1.08. The van der Waals surface area contributed by atoms with Crippen LogP contribution in [0.2, 0.25) is 0 Å². The fourth-order valence-electron chi connectivity index (χ4n) is 2.55. The van der Waals surface area contributed by atoms with E-state index in [-0.39, 0.29) is 17.0 Å². The van der Waals surface area contributed by atoms with Crippen LogP contribution >= 0.6 is 0 Å². The molecule has 20 heavy (non-hydrogen) atoms. The molecular formula is C16H25NO2S. The normalized spacial score (nSPS) is 13.9. The minimum atomic E-state index is -1.08. The highest BCUT2D eigenvalue weighted by Gasteiger charge is 2.36. The Kier molecular flexibility index (Phi) is 4.80. The van der Waals surface area contributed by atoms with Crippen LogP contribution in [0.25, 0.3) is 0 Å². The molecule has 112 valence electrons. The van der Waals surface area contributed by atoms with Crippen LogP contribution in [-0.2, 0) is 10.8 Å². The summed E-state index contributed by atoms with van der Waals surface area (Å²) in [6, 6.07) is 7.07. The van der Waals surface area contributed by atoms with Gasteiger partial charge in [-0.05, 0) is 59.7 Å². The lowest BCUT2D eigenvalue weighted by molar-refractivity contribution is 0.0270. The van der Waals surface area contributed by atoms with Crippen molar-refractivity contribution in [2.24, 2.45) is 0 Å². The first-order valence-corrected chi connectivity index (χ1v) is 8.28. The van der Waals surface area contributed by atoms with Crippen molar-refractivity contribution in [1.29, 1.82) is 0 Å². The number of benzene rings is 1. The van der Waals surface area contributed by atoms with Crippen molar-refractivity contribution in [2.75, 3.05) is 6.26 Å². The van der Waals surface area contributed by atoms with Gasteiger partial charge >= 0.3 is 0 Å². The van der Waals surface area contributed by atoms with Crippen LogP contribution in [0.3, 0.4) is 0 Å². The second-order valence-corrected chi connectivity index (χ2v) is 8.34. The summed E-state index contributed by atoms with van der Waals surface area (Å²) in [6.07, 6.45) is 1.62. The molecule has 4 heteroatoms. The quantitative estimate of drug-likeness (QED) is 0.838. The maximum atomic E-state index is 12.8. The second kappa shape index (κ2) is 5.68. The molecule has 0 bridgehead atoms. The lowest BCUT2D eigenvalue weighted by Gasteiger charge is -2.45. The Balaban J connectivity index is 3.27. The van der Waals surface area contributed by atoms with E-state index in [9.17, 15) is 9.00 Å². The van der Waals surface area contributed by atoms with Crippen molar-refractivity contribution in [3.8, 4) is 0 Å². The van der Waals surface area contributed by atoms with Gasteiger partial charge in [-0.3, -0.25) is 9.00 Å². The van der Waals surface area contributed by atoms with Crippen molar-refractivity contribution in [2.45, 2.75) is 57.5 Å². The van der Waals surface area contributed by atoms with Crippen molar-refractivity contribution in [3.05, 3.63) is 29.8 Å². The molecule has 0 aromatic heterocycles. The maximum Gasteiger partial charge on any atom is 0.254 e. The highest BCUT2D eigenvalue weighted by Crippen LogP contribution is 2.27. The van der Waals surface area contributed by atoms with Gasteiger partial charge in [0, 0.05) is 38.6 Å². The highest BCUT2D eigenvalue weighted by molar-refractivity contribution is 7.84. The van der Waals surface area contributed by atoms with E-state index in [1.165, 1.54) is 0 Å². The average Bonchev–Trinajstić information content (AvgIpc) is 2.25. The molecule has 0 aliphatic heterocycles. The molecule has 0 saturated carbocycles. The van der Waals surface area contributed by atoms with Crippen LogP contribution in [0.1, 0.15) is 51.9 Å². The molecule has 0 aliphatic carbocycles. The summed E-state index contributed by atoms with van der Waals surface area (Å²) in [4.78, 5) is 15.4. The van der Waals surface area contributed by atoms with Gasteiger partial charge in [0.05, 0.1) is 0 Å². The minimum Gasteiger partial charge on any atom is -0.329 e. The van der Waals surface area contributed by atoms with Crippen LogP contribution in [-0.4, -0.2) is 32.3 Å². The molecule has 0 saturated heterocycles. The van der Waals surface area contributed by atoms with Gasteiger partial charge in [-0.2, -0.15) is 0 Å². The molecular weight excluding hydrogens is 270 g/mol. The van der Waals surface area contributed by atoms with Gasteiger partial charge in [-0.25, -0.2) is 0 Å². The van der Waals surface area contributed by atoms with E-state index in [1.54, 1.807) is 30.5 Å². The third kappa shape index (κ3) is 3.92. The predicted molar refractivity (Wildman–Crippen MR) is 84.4 cm³/mol. The Labute approximate surface area is 124 Å². The average molecular weight is 295 g/mol. The first-order chi connectivity index (χ1) is 8.94. The zero-order valence-corrected chi connectivity index (χ0v) is 14.3. The third-order valence-electron chi connectivity index (χ3n) is 2.96. The Hall–Kier alpha value is -1.16. The summed E-state index contributed by atoms with van der Waals surface area (Å²) in [6.45, 7) is 12.2. The van der Waals surface area contributed by atoms with E-state index in [0.29, 0.717) is 10.5 Å². The smallest absolute Gasteiger partial charge is 0.254 e. The number of amides is 1. The maximum absolute atomic E-state index is 12.8. The zero-order valence-electron chi connectivity index (χ0n) is 13.5. The molecule has 1 rings (SSSR count). The van der Waals surface area contributed by atoms with Crippen LogP contribution < -0.4 is 0 Å². The topological polar surface area (TPSA) is 37.4 Å². The number of carbonyl (C=O) groups excluding carboxylic acids is 1. The van der Waals surface area contributed by atoms with Crippen molar-refractivity contribution < 1.29 is 9.00 Å². The summed E-state index contributed by atoms with van der Waals surface area (Å²) in [5.41, 5.74) is 0.0236. The van der Waals surface area contributed by atoms with Crippen molar-refractivity contribution in [1.82, 2.24) is 4.90 Å². The number of hydrogen-bond donors (Lipinski definition) is 0. The van der Waals surface area contributed by atoms with Crippen LogP contribution in [0.4, 0.5) is 0 Å². The van der Waals surface area contributed by atoms with Crippen LogP contribution in [0, 0.1) is 0 Å². The van der Waals surface area contributed by atoms with Gasteiger partial charge in [-0.1, -0.05) is 6.07 Å². The van der Waals surface area contributed by atoms with E-state index in [2.05, 4.69) is 0 Å². The highest BCUT2D eigenvalue weighted by atomic mass is 32.2. The monoisotopic (exact) mass is 295 g/mol. The van der Waals surface area contributed by atoms with Gasteiger partial charge in [-0.15, -0.1) is 0 Å². The largest absolute Gasteiger partial charge is 0.329 e. The van der Waals surface area contributed by atoms with Crippen LogP contribution in [0.5, 0.6) is 0 Å². The van der Waals surface area contributed by atoms with Gasteiger partial charge in [0.2, 0.25) is 0 Å². The SMILES string of the molecule is CS(=O)c1cccc(C(=O)N(C(C)(C)C)C(C)(C)C)c1. The summed E-state index contributed by atoms with van der Waals surface area (Å²) in [5, 5.41) is 0. The van der Waals surface area contributed by atoms with E-state index < -0.39 is 10.8 Å². The fraction of sp³-hybridized carbons (Fsp3) is 0.562. The second-order valence-electron chi connectivity index (χ2n) is 6.96. The standard InChI is InChI=1S/C16H25NO2S/c1-15(2,3)17(16(4,5)6)14(18)12-9-8-10-13(11-12)20(7)19/h8-11H,1-7H3. The molecule has 0 fully saturated rings. The molecule has 0 aliphatic rings. The van der Waals surface area contributed by atoms with E-state index in [1.807, 2.05) is 46.4 Å². The Morgan fingerprint density at radius 2 is 1.55 bits per heavy atom. The lowest BCUT2D eigenvalue weighted by atomic mass is 9.94. The summed E-state index contributed by atoms with van der Waals surface area (Å²) in [5.74, 6) is -0.0303. The Morgan fingerprint density at radius 3 is 1.95 bits per heavy atom. The fourth-order valence-corrected chi connectivity index (χ4v) is 3.12. The molecule has 1 atom stereocenters. The third-order valence-corrected chi connectivity index (χ3v) is 3.88. The molecule has 1 aromatic rings. The predicted octanol–water partition coefficient (Wildman–Crippen LogP) is 3.46. The van der Waals surface area contributed by atoms with E-state index in [0.717, 1.165) is 0 Å². The number of carbonyl (C=O) groups is 1. The number of nitrogens with zero attached hydrogens (tertiary/aromatic N) is 1. The Bertz CT molecular complexity index is 510. The van der Waals surface area contributed by atoms with Crippen molar-refractivity contribution >= 4 is 16.7 Å². The van der Waals surface area contributed by atoms with E-state index >= 15 is 0 Å². The first kappa shape index (κ1) is 16.9. The molecule has 0 radical (unpaired) electrons. The van der Waals surface area contributed by atoms with Gasteiger partial charge in [0.1, 0.15) is 0 Å². The first-order valence-electron chi connectivity index (χ1n) is 6.73. The molecule has 1 amide bonds. The molecule has 0 N–H and O–H groups in total.